The maximum absolute atomic E-state index is 13.2. The van der Waals surface area contributed by atoms with E-state index in [0.29, 0.717) is 27.2 Å². The van der Waals surface area contributed by atoms with Gasteiger partial charge in [0.1, 0.15) is 0 Å². The second-order valence-corrected chi connectivity index (χ2v) is 8.36. The van der Waals surface area contributed by atoms with E-state index in [1.165, 1.54) is 5.56 Å². The van der Waals surface area contributed by atoms with Gasteiger partial charge in [-0.25, -0.2) is 0 Å². The van der Waals surface area contributed by atoms with Crippen LogP contribution in [-0.4, -0.2) is 17.4 Å². The molecule has 0 saturated heterocycles. The van der Waals surface area contributed by atoms with E-state index in [4.69, 9.17) is 34.8 Å². The van der Waals surface area contributed by atoms with E-state index in [-0.39, 0.29) is 11.9 Å². The molecule has 0 bridgehead atoms. The summed E-state index contributed by atoms with van der Waals surface area (Å²) in [7, 11) is 0. The summed E-state index contributed by atoms with van der Waals surface area (Å²) in [6, 6.07) is 14.4. The van der Waals surface area contributed by atoms with Crippen LogP contribution in [0.3, 0.4) is 0 Å². The van der Waals surface area contributed by atoms with Crippen LogP contribution >= 0.6 is 46.1 Å². The van der Waals surface area contributed by atoms with E-state index in [1.807, 2.05) is 17.0 Å². The average molecular weight is 423 g/mol. The normalized spacial score (nSPS) is 16.4. The largest absolute Gasteiger partial charge is 0.326 e. The molecule has 0 spiro atoms. The van der Waals surface area contributed by atoms with Gasteiger partial charge in [0.05, 0.1) is 6.04 Å². The first-order chi connectivity index (χ1) is 12.5. The van der Waals surface area contributed by atoms with Crippen LogP contribution in [0.5, 0.6) is 0 Å². The fraction of sp³-hybridized carbons (Fsp3) is 0.150. The fourth-order valence-corrected chi connectivity index (χ4v) is 5.04. The molecule has 0 fully saturated rings. The van der Waals surface area contributed by atoms with Gasteiger partial charge in [-0.2, -0.15) is 0 Å². The number of amides is 1. The summed E-state index contributed by atoms with van der Waals surface area (Å²) in [5.74, 6) is -0.0308. The van der Waals surface area contributed by atoms with Gasteiger partial charge >= 0.3 is 0 Å². The van der Waals surface area contributed by atoms with Crippen LogP contribution in [0.25, 0.3) is 0 Å². The molecular formula is C20H14Cl3NOS. The van der Waals surface area contributed by atoms with Crippen molar-refractivity contribution in [3.63, 3.8) is 0 Å². The van der Waals surface area contributed by atoms with Crippen molar-refractivity contribution in [2.75, 3.05) is 6.54 Å². The van der Waals surface area contributed by atoms with E-state index >= 15 is 0 Å². The predicted octanol–water partition coefficient (Wildman–Crippen LogP) is 6.50. The van der Waals surface area contributed by atoms with Crippen LogP contribution in [-0.2, 0) is 6.42 Å². The Morgan fingerprint density at radius 3 is 2.46 bits per heavy atom. The molecule has 3 aromatic rings. The first-order valence-corrected chi connectivity index (χ1v) is 10.1. The lowest BCUT2D eigenvalue weighted by Gasteiger charge is -2.36. The van der Waals surface area contributed by atoms with Gasteiger partial charge in [0.25, 0.3) is 5.91 Å². The average Bonchev–Trinajstić information content (AvgIpc) is 3.10. The van der Waals surface area contributed by atoms with E-state index in [0.717, 1.165) is 16.9 Å². The predicted molar refractivity (Wildman–Crippen MR) is 109 cm³/mol. The Bertz CT molecular complexity index is 967. The Kier molecular flexibility index (Phi) is 4.98. The van der Waals surface area contributed by atoms with Crippen LogP contribution in [0.15, 0.2) is 53.9 Å². The van der Waals surface area contributed by atoms with Gasteiger partial charge < -0.3 is 4.90 Å². The number of hydrogen-bond donors (Lipinski definition) is 0. The maximum Gasteiger partial charge on any atom is 0.254 e. The molecule has 1 aromatic heterocycles. The lowest BCUT2D eigenvalue weighted by Crippen LogP contribution is -2.40. The van der Waals surface area contributed by atoms with Crippen LogP contribution < -0.4 is 0 Å². The van der Waals surface area contributed by atoms with Crippen LogP contribution in [0.2, 0.25) is 15.1 Å². The highest BCUT2D eigenvalue weighted by molar-refractivity contribution is 7.10. The van der Waals surface area contributed by atoms with Gasteiger partial charge in [-0.3, -0.25) is 4.79 Å². The third kappa shape index (κ3) is 3.25. The number of carbonyl (C=O) groups excluding carboxylic acids is 1. The van der Waals surface area contributed by atoms with Crippen molar-refractivity contribution in [2.45, 2.75) is 12.5 Å². The molecule has 6 heteroatoms. The topological polar surface area (TPSA) is 20.3 Å². The van der Waals surface area contributed by atoms with Gasteiger partial charge in [-0.1, -0.05) is 40.9 Å². The lowest BCUT2D eigenvalue weighted by atomic mass is 9.94. The number of hydrogen-bond acceptors (Lipinski definition) is 2. The van der Waals surface area contributed by atoms with E-state index < -0.39 is 0 Å². The van der Waals surface area contributed by atoms with Crippen molar-refractivity contribution in [1.29, 1.82) is 0 Å². The van der Waals surface area contributed by atoms with E-state index in [9.17, 15) is 4.79 Å². The zero-order chi connectivity index (χ0) is 18.3. The highest BCUT2D eigenvalue weighted by Gasteiger charge is 2.34. The van der Waals surface area contributed by atoms with Crippen molar-refractivity contribution in [3.8, 4) is 0 Å². The quantitative estimate of drug-likeness (QED) is 0.462. The Balaban J connectivity index is 1.80. The van der Waals surface area contributed by atoms with Gasteiger partial charge in [0.15, 0.2) is 0 Å². The zero-order valence-electron chi connectivity index (χ0n) is 13.6. The number of carbonyl (C=O) groups is 1. The molecule has 2 nitrogen and oxygen atoms in total. The third-order valence-electron chi connectivity index (χ3n) is 4.57. The molecule has 1 aliphatic heterocycles. The third-order valence-corrected chi connectivity index (χ3v) is 6.40. The van der Waals surface area contributed by atoms with Crippen molar-refractivity contribution in [1.82, 2.24) is 4.90 Å². The summed E-state index contributed by atoms with van der Waals surface area (Å²) in [4.78, 5) is 16.3. The molecule has 1 amide bonds. The molecule has 2 aromatic carbocycles. The second-order valence-electron chi connectivity index (χ2n) is 6.13. The van der Waals surface area contributed by atoms with Crippen molar-refractivity contribution >= 4 is 52.0 Å². The molecule has 132 valence electrons. The molecule has 0 N–H and O–H groups in total. The molecule has 1 aliphatic rings. The molecule has 0 radical (unpaired) electrons. The summed E-state index contributed by atoms with van der Waals surface area (Å²) >= 11 is 20.2. The lowest BCUT2D eigenvalue weighted by molar-refractivity contribution is 0.0698. The van der Waals surface area contributed by atoms with Crippen LogP contribution in [0.1, 0.15) is 32.4 Å². The smallest absolute Gasteiger partial charge is 0.254 e. The van der Waals surface area contributed by atoms with Crippen molar-refractivity contribution in [2.24, 2.45) is 0 Å². The molecule has 2 heterocycles. The Hall–Kier alpha value is -1.52. The van der Waals surface area contributed by atoms with Gasteiger partial charge in [-0.05, 0) is 65.4 Å². The first-order valence-electron chi connectivity index (χ1n) is 8.12. The van der Waals surface area contributed by atoms with Crippen molar-refractivity contribution in [3.05, 3.63) is 90.5 Å². The highest BCUT2D eigenvalue weighted by Crippen LogP contribution is 2.42. The van der Waals surface area contributed by atoms with Crippen molar-refractivity contribution < 1.29 is 4.79 Å². The summed E-state index contributed by atoms with van der Waals surface area (Å²) in [6.45, 7) is 0.634. The fourth-order valence-electron chi connectivity index (χ4n) is 3.31. The summed E-state index contributed by atoms with van der Waals surface area (Å²) < 4.78 is 0. The van der Waals surface area contributed by atoms with Crippen LogP contribution in [0.4, 0.5) is 0 Å². The Morgan fingerprint density at radius 2 is 1.73 bits per heavy atom. The summed E-state index contributed by atoms with van der Waals surface area (Å²) in [5.41, 5.74) is 2.78. The SMILES string of the molecule is O=C(c1ccc(Cl)cc1)N1CCc2ccsc2C1c1ccc(Cl)cc1Cl. The zero-order valence-corrected chi connectivity index (χ0v) is 16.7. The highest BCUT2D eigenvalue weighted by atomic mass is 35.5. The number of fused-ring (bicyclic) bond motifs is 1. The minimum atomic E-state index is -0.216. The molecule has 0 saturated carbocycles. The van der Waals surface area contributed by atoms with E-state index in [2.05, 4.69) is 11.4 Å². The molecular weight excluding hydrogens is 409 g/mol. The van der Waals surface area contributed by atoms with Crippen LogP contribution in [0, 0.1) is 0 Å². The molecule has 1 unspecified atom stereocenters. The van der Waals surface area contributed by atoms with Gasteiger partial charge in [-0.15, -0.1) is 11.3 Å². The number of thiophene rings is 1. The monoisotopic (exact) mass is 421 g/mol. The molecule has 26 heavy (non-hydrogen) atoms. The number of rotatable bonds is 2. The summed E-state index contributed by atoms with van der Waals surface area (Å²) in [6.07, 6.45) is 0.833. The van der Waals surface area contributed by atoms with Gasteiger partial charge in [0, 0.05) is 32.1 Å². The molecule has 0 aliphatic carbocycles. The first kappa shape index (κ1) is 17.9. The number of nitrogens with zero attached hydrogens (tertiary/aromatic N) is 1. The minimum absolute atomic E-state index is 0.0308. The van der Waals surface area contributed by atoms with E-state index in [1.54, 1.807) is 41.7 Å². The molecule has 4 rings (SSSR count). The summed E-state index contributed by atoms with van der Waals surface area (Å²) in [5, 5.41) is 3.82. The Morgan fingerprint density at radius 1 is 1.00 bits per heavy atom. The van der Waals surface area contributed by atoms with Gasteiger partial charge in [0.2, 0.25) is 0 Å². The standard InChI is InChI=1S/C20H14Cl3NOS/c21-14-3-1-13(2-4-14)20(25)24-9-7-12-8-10-26-19(12)18(24)16-6-5-15(22)11-17(16)23/h1-6,8,10-11,18H,7,9H2. The Labute approximate surface area is 170 Å². The maximum atomic E-state index is 13.2. The molecule has 1 atom stereocenters. The minimum Gasteiger partial charge on any atom is -0.326 e. The number of benzene rings is 2. The number of halogens is 3. The second kappa shape index (κ2) is 7.24.